The molecule has 2 aliphatic rings. The molecule has 1 amide bonds. The highest BCUT2D eigenvalue weighted by molar-refractivity contribution is 6.30. The molecule has 27 heavy (non-hydrogen) atoms. The molecule has 0 N–H and O–H groups in total. The minimum absolute atomic E-state index is 0.00472. The van der Waals surface area contributed by atoms with Crippen molar-refractivity contribution in [3.8, 4) is 22.9 Å². The number of amides is 1. The molecule has 0 saturated carbocycles. The summed E-state index contributed by atoms with van der Waals surface area (Å²) in [6.45, 7) is 0.682. The summed E-state index contributed by atoms with van der Waals surface area (Å²) in [5, 5.41) is 4.65. The molecule has 1 unspecified atom stereocenters. The highest BCUT2D eigenvalue weighted by Crippen LogP contribution is 2.36. The second kappa shape index (κ2) is 6.28. The van der Waals surface area contributed by atoms with E-state index in [1.165, 1.54) is 0 Å². The first-order valence-electron chi connectivity index (χ1n) is 8.47. The first-order valence-corrected chi connectivity index (χ1v) is 8.85. The first kappa shape index (κ1) is 16.1. The summed E-state index contributed by atoms with van der Waals surface area (Å²) in [4.78, 5) is 18.6. The molecule has 0 spiro atoms. The lowest BCUT2D eigenvalue weighted by Crippen LogP contribution is -2.24. The Balaban J connectivity index is 1.38. The Kier molecular flexibility index (Phi) is 3.75. The average Bonchev–Trinajstić information content (AvgIpc) is 3.40. The summed E-state index contributed by atoms with van der Waals surface area (Å²) in [5.74, 6) is 2.09. The van der Waals surface area contributed by atoms with Crippen LogP contribution in [0.1, 0.15) is 18.2 Å². The van der Waals surface area contributed by atoms with Crippen molar-refractivity contribution in [3.05, 3.63) is 53.4 Å². The van der Waals surface area contributed by atoms with Gasteiger partial charge < -0.3 is 18.9 Å². The molecule has 1 aromatic heterocycles. The van der Waals surface area contributed by atoms with Crippen molar-refractivity contribution in [2.45, 2.75) is 12.3 Å². The van der Waals surface area contributed by atoms with E-state index < -0.39 is 0 Å². The van der Waals surface area contributed by atoms with Gasteiger partial charge in [-0.1, -0.05) is 22.8 Å². The van der Waals surface area contributed by atoms with E-state index in [1.807, 2.05) is 30.3 Å². The normalized spacial score (nSPS) is 18.3. The van der Waals surface area contributed by atoms with Gasteiger partial charge in [0.2, 0.25) is 24.4 Å². The number of carbonyl (C=O) groups excluding carboxylic acids is 1. The van der Waals surface area contributed by atoms with Crippen LogP contribution in [0.3, 0.4) is 0 Å². The summed E-state index contributed by atoms with van der Waals surface area (Å²) < 4.78 is 16.1. The molecule has 3 heterocycles. The number of aromatic nitrogens is 2. The van der Waals surface area contributed by atoms with Crippen LogP contribution in [-0.2, 0) is 4.79 Å². The second-order valence-electron chi connectivity index (χ2n) is 6.41. The molecule has 0 aliphatic carbocycles. The van der Waals surface area contributed by atoms with Crippen molar-refractivity contribution in [2.24, 2.45) is 0 Å². The quantitative estimate of drug-likeness (QED) is 0.687. The topological polar surface area (TPSA) is 77.7 Å². The van der Waals surface area contributed by atoms with E-state index in [0.29, 0.717) is 41.2 Å². The fourth-order valence-electron chi connectivity index (χ4n) is 3.32. The molecule has 8 heteroatoms. The number of nitrogens with zero attached hydrogens (tertiary/aromatic N) is 3. The van der Waals surface area contributed by atoms with Gasteiger partial charge in [0.1, 0.15) is 0 Å². The minimum Gasteiger partial charge on any atom is -0.454 e. The van der Waals surface area contributed by atoms with Crippen LogP contribution in [0.4, 0.5) is 5.69 Å². The lowest BCUT2D eigenvalue weighted by molar-refractivity contribution is -0.117. The number of anilines is 1. The predicted molar refractivity (Wildman–Crippen MR) is 97.0 cm³/mol. The zero-order valence-corrected chi connectivity index (χ0v) is 14.8. The van der Waals surface area contributed by atoms with Crippen LogP contribution in [0.15, 0.2) is 47.0 Å². The lowest BCUT2D eigenvalue weighted by Gasteiger charge is -2.16. The van der Waals surface area contributed by atoms with Crippen LogP contribution in [-0.4, -0.2) is 29.4 Å². The molecule has 0 bridgehead atoms. The zero-order chi connectivity index (χ0) is 18.4. The van der Waals surface area contributed by atoms with Crippen molar-refractivity contribution in [2.75, 3.05) is 18.2 Å². The first-order chi connectivity index (χ1) is 13.2. The molecular weight excluding hydrogens is 370 g/mol. The molecule has 5 rings (SSSR count). The fourth-order valence-corrected chi connectivity index (χ4v) is 3.50. The Morgan fingerprint density at radius 3 is 2.89 bits per heavy atom. The highest BCUT2D eigenvalue weighted by Gasteiger charge is 2.35. The Morgan fingerprint density at radius 1 is 1.11 bits per heavy atom. The third-order valence-electron chi connectivity index (χ3n) is 4.67. The number of hydrogen-bond donors (Lipinski definition) is 0. The van der Waals surface area contributed by atoms with E-state index in [1.54, 1.807) is 17.0 Å². The predicted octanol–water partition coefficient (Wildman–Crippen LogP) is 3.64. The smallest absolute Gasteiger partial charge is 0.232 e. The lowest BCUT2D eigenvalue weighted by atomic mass is 10.1. The fraction of sp³-hybridized carbons (Fsp3) is 0.211. The van der Waals surface area contributed by atoms with Gasteiger partial charge in [-0.05, 0) is 36.4 Å². The van der Waals surface area contributed by atoms with Crippen molar-refractivity contribution in [1.82, 2.24) is 10.1 Å². The Hall–Kier alpha value is -3.06. The Bertz CT molecular complexity index is 1040. The van der Waals surface area contributed by atoms with E-state index >= 15 is 0 Å². The van der Waals surface area contributed by atoms with Gasteiger partial charge in [0.15, 0.2) is 11.5 Å². The number of rotatable bonds is 3. The summed E-state index contributed by atoms with van der Waals surface area (Å²) in [6.07, 6.45) is 0.315. The van der Waals surface area contributed by atoms with Gasteiger partial charge in [0.25, 0.3) is 0 Å². The van der Waals surface area contributed by atoms with Crippen molar-refractivity contribution < 1.29 is 18.8 Å². The Labute approximate surface area is 159 Å². The molecule has 2 aliphatic heterocycles. The molecular formula is C19H14ClN3O4. The van der Waals surface area contributed by atoms with Gasteiger partial charge in [-0.2, -0.15) is 4.98 Å². The van der Waals surface area contributed by atoms with Gasteiger partial charge in [-0.15, -0.1) is 0 Å². The Morgan fingerprint density at radius 2 is 2.00 bits per heavy atom. The van der Waals surface area contributed by atoms with Crippen molar-refractivity contribution in [3.63, 3.8) is 0 Å². The second-order valence-corrected chi connectivity index (χ2v) is 6.85. The maximum Gasteiger partial charge on any atom is 0.232 e. The SMILES string of the molecule is O=C1CC(c2nc(-c3ccc4c(c3)OCO4)no2)CN1c1cccc(Cl)c1. The van der Waals surface area contributed by atoms with Crippen LogP contribution in [0, 0.1) is 0 Å². The molecule has 7 nitrogen and oxygen atoms in total. The summed E-state index contributed by atoms with van der Waals surface area (Å²) in [5.41, 5.74) is 1.54. The van der Waals surface area contributed by atoms with Gasteiger partial charge in [0.05, 0.1) is 5.92 Å². The monoisotopic (exact) mass is 383 g/mol. The molecule has 0 radical (unpaired) electrons. The zero-order valence-electron chi connectivity index (χ0n) is 14.1. The van der Waals surface area contributed by atoms with Gasteiger partial charge in [-0.25, -0.2) is 0 Å². The number of carbonyl (C=O) groups is 1. The third kappa shape index (κ3) is 2.90. The third-order valence-corrected chi connectivity index (χ3v) is 4.90. The van der Waals surface area contributed by atoms with Crippen LogP contribution in [0.2, 0.25) is 5.02 Å². The largest absolute Gasteiger partial charge is 0.454 e. The minimum atomic E-state index is -0.160. The average molecular weight is 384 g/mol. The molecule has 2 aromatic carbocycles. The number of halogens is 1. The number of benzene rings is 2. The van der Waals surface area contributed by atoms with E-state index in [4.69, 9.17) is 25.6 Å². The summed E-state index contributed by atoms with van der Waals surface area (Å²) in [7, 11) is 0. The summed E-state index contributed by atoms with van der Waals surface area (Å²) >= 11 is 6.04. The maximum absolute atomic E-state index is 12.4. The highest BCUT2D eigenvalue weighted by atomic mass is 35.5. The number of fused-ring (bicyclic) bond motifs is 1. The van der Waals surface area contributed by atoms with Gasteiger partial charge >= 0.3 is 0 Å². The van der Waals surface area contributed by atoms with Crippen LogP contribution >= 0.6 is 11.6 Å². The van der Waals surface area contributed by atoms with E-state index in [-0.39, 0.29) is 18.6 Å². The van der Waals surface area contributed by atoms with Crippen molar-refractivity contribution >= 4 is 23.2 Å². The van der Waals surface area contributed by atoms with Crippen molar-refractivity contribution in [1.29, 1.82) is 0 Å². The van der Waals surface area contributed by atoms with E-state index in [0.717, 1.165) is 11.3 Å². The standard InChI is InChI=1S/C19H14ClN3O4/c20-13-2-1-3-14(8-13)23-9-12(7-17(23)24)19-21-18(22-27-19)11-4-5-15-16(6-11)26-10-25-15/h1-6,8,12H,7,9-10H2. The van der Waals surface area contributed by atoms with Crippen LogP contribution in [0.5, 0.6) is 11.5 Å². The van der Waals surface area contributed by atoms with Crippen LogP contribution in [0.25, 0.3) is 11.4 Å². The molecule has 1 atom stereocenters. The number of ether oxygens (including phenoxy) is 2. The van der Waals surface area contributed by atoms with Gasteiger partial charge in [0, 0.05) is 29.2 Å². The van der Waals surface area contributed by atoms with Gasteiger partial charge in [-0.3, -0.25) is 4.79 Å². The molecule has 1 fully saturated rings. The number of hydrogen-bond acceptors (Lipinski definition) is 6. The van der Waals surface area contributed by atoms with E-state index in [9.17, 15) is 4.79 Å². The van der Waals surface area contributed by atoms with E-state index in [2.05, 4.69) is 10.1 Å². The molecule has 3 aromatic rings. The summed E-state index contributed by atoms with van der Waals surface area (Å²) in [6, 6.07) is 12.7. The molecule has 1 saturated heterocycles. The van der Waals surface area contributed by atoms with Crippen LogP contribution < -0.4 is 14.4 Å². The maximum atomic E-state index is 12.4. The molecule has 136 valence electrons.